The molecule has 0 saturated carbocycles. The third-order valence-electron chi connectivity index (χ3n) is 2.86. The minimum Gasteiger partial charge on any atom is -0.366 e. The van der Waals surface area contributed by atoms with Crippen LogP contribution in [-0.4, -0.2) is 0 Å². The van der Waals surface area contributed by atoms with Crippen LogP contribution in [0.4, 0.5) is 5.69 Å². The van der Waals surface area contributed by atoms with Crippen molar-refractivity contribution in [3.8, 4) is 6.07 Å². The molecule has 0 saturated heterocycles. The third kappa shape index (κ3) is 3.36. The first kappa shape index (κ1) is 13.6. The Morgan fingerprint density at radius 3 is 2.32 bits per heavy atom. The molecule has 2 nitrogen and oxygen atoms in total. The van der Waals surface area contributed by atoms with Gasteiger partial charge in [-0.1, -0.05) is 39.0 Å². The van der Waals surface area contributed by atoms with E-state index in [0.717, 1.165) is 10.6 Å². The van der Waals surface area contributed by atoms with E-state index in [9.17, 15) is 5.26 Å². The fraction of sp³-hybridized carbons (Fsp3) is 0.312. The van der Waals surface area contributed by atoms with Crippen molar-refractivity contribution in [1.82, 2.24) is 0 Å². The number of nitrogens with one attached hydrogen (secondary N) is 1. The molecule has 0 bridgehead atoms. The molecule has 1 atom stereocenters. The maximum Gasteiger partial charge on any atom is 0.149 e. The Morgan fingerprint density at radius 1 is 1.11 bits per heavy atom. The molecule has 98 valence electrons. The van der Waals surface area contributed by atoms with Crippen LogP contribution in [0.1, 0.15) is 36.6 Å². The fourth-order valence-corrected chi connectivity index (χ4v) is 2.84. The molecular weight excluding hydrogens is 252 g/mol. The Kier molecular flexibility index (Phi) is 3.92. The summed E-state index contributed by atoms with van der Waals surface area (Å²) in [5.74, 6) is 0. The van der Waals surface area contributed by atoms with E-state index >= 15 is 0 Å². The van der Waals surface area contributed by atoms with Crippen LogP contribution in [0.15, 0.2) is 42.5 Å². The Balaban J connectivity index is 2.19. The Bertz CT molecular complexity index is 573. The predicted octanol–water partition coefficient (Wildman–Crippen LogP) is 4.72. The summed E-state index contributed by atoms with van der Waals surface area (Å²) in [6.45, 7) is 6.57. The zero-order valence-corrected chi connectivity index (χ0v) is 12.3. The van der Waals surface area contributed by atoms with Gasteiger partial charge in [0.15, 0.2) is 0 Å². The van der Waals surface area contributed by atoms with Gasteiger partial charge in [-0.25, -0.2) is 0 Å². The zero-order chi connectivity index (χ0) is 13.9. The van der Waals surface area contributed by atoms with Crippen LogP contribution in [0.2, 0.25) is 0 Å². The van der Waals surface area contributed by atoms with Gasteiger partial charge in [0.2, 0.25) is 0 Å². The van der Waals surface area contributed by atoms with Crippen molar-refractivity contribution in [2.45, 2.75) is 32.2 Å². The smallest absolute Gasteiger partial charge is 0.149 e. The first-order valence-corrected chi connectivity index (χ1v) is 7.14. The van der Waals surface area contributed by atoms with E-state index < -0.39 is 0 Å². The Labute approximate surface area is 118 Å². The molecule has 2 rings (SSSR count). The van der Waals surface area contributed by atoms with Gasteiger partial charge in [-0.15, -0.1) is 11.3 Å². The van der Waals surface area contributed by atoms with Crippen LogP contribution in [0.25, 0.3) is 0 Å². The van der Waals surface area contributed by atoms with Gasteiger partial charge in [-0.2, -0.15) is 5.26 Å². The van der Waals surface area contributed by atoms with Gasteiger partial charge in [-0.05, 0) is 29.7 Å². The summed E-state index contributed by atoms with van der Waals surface area (Å²) in [4.78, 5) is 2.37. The molecule has 3 heteroatoms. The van der Waals surface area contributed by atoms with E-state index in [-0.39, 0.29) is 11.5 Å². The summed E-state index contributed by atoms with van der Waals surface area (Å²) in [7, 11) is 0. The van der Waals surface area contributed by atoms with Gasteiger partial charge >= 0.3 is 0 Å². The molecule has 19 heavy (non-hydrogen) atoms. The molecule has 0 aliphatic heterocycles. The number of nitriles is 1. The van der Waals surface area contributed by atoms with Crippen LogP contribution in [0, 0.1) is 11.3 Å². The van der Waals surface area contributed by atoms with Crippen LogP contribution in [0.5, 0.6) is 0 Å². The van der Waals surface area contributed by atoms with Crippen molar-refractivity contribution < 1.29 is 0 Å². The van der Waals surface area contributed by atoms with Crippen LogP contribution in [0.3, 0.4) is 0 Å². The SMILES string of the molecule is CC(C)(C)c1ccc(C(C#N)Nc2ccccc2)s1. The highest BCUT2D eigenvalue weighted by molar-refractivity contribution is 7.12. The quantitative estimate of drug-likeness (QED) is 0.875. The molecule has 0 aliphatic carbocycles. The lowest BCUT2D eigenvalue weighted by Crippen LogP contribution is -2.08. The number of hydrogen-bond donors (Lipinski definition) is 1. The number of para-hydroxylation sites is 1. The van der Waals surface area contributed by atoms with Crippen LogP contribution in [-0.2, 0) is 5.41 Å². The van der Waals surface area contributed by atoms with E-state index in [2.05, 4.69) is 44.3 Å². The number of nitrogens with zero attached hydrogens (tertiary/aromatic N) is 1. The highest BCUT2D eigenvalue weighted by atomic mass is 32.1. The molecule has 2 aromatic rings. The summed E-state index contributed by atoms with van der Waals surface area (Å²) < 4.78 is 0. The first-order chi connectivity index (χ1) is 9.00. The molecule has 1 aromatic heterocycles. The van der Waals surface area contributed by atoms with Crippen LogP contribution >= 0.6 is 11.3 Å². The Morgan fingerprint density at radius 2 is 1.79 bits per heavy atom. The van der Waals surface area contributed by atoms with Gasteiger partial charge in [0.1, 0.15) is 6.04 Å². The number of benzene rings is 1. The fourth-order valence-electron chi connectivity index (χ4n) is 1.78. The monoisotopic (exact) mass is 270 g/mol. The van der Waals surface area contributed by atoms with E-state index in [1.807, 2.05) is 30.3 Å². The molecule has 0 radical (unpaired) electrons. The number of rotatable bonds is 3. The normalized spacial score (nSPS) is 12.7. The van der Waals surface area contributed by atoms with Crippen LogP contribution < -0.4 is 5.32 Å². The molecular formula is C16H18N2S. The highest BCUT2D eigenvalue weighted by Crippen LogP contribution is 2.33. The van der Waals surface area contributed by atoms with Crippen molar-refractivity contribution in [3.05, 3.63) is 52.2 Å². The minimum atomic E-state index is -0.288. The predicted molar refractivity (Wildman–Crippen MR) is 81.4 cm³/mol. The first-order valence-electron chi connectivity index (χ1n) is 6.32. The van der Waals surface area contributed by atoms with Gasteiger partial charge < -0.3 is 5.32 Å². The van der Waals surface area contributed by atoms with Crippen molar-refractivity contribution in [2.24, 2.45) is 0 Å². The zero-order valence-electron chi connectivity index (χ0n) is 11.5. The molecule has 1 heterocycles. The second-order valence-electron chi connectivity index (χ2n) is 5.52. The molecule has 1 unspecified atom stereocenters. The summed E-state index contributed by atoms with van der Waals surface area (Å²) in [6, 6.07) is 16.1. The van der Waals surface area contributed by atoms with Crippen molar-refractivity contribution in [1.29, 1.82) is 5.26 Å². The molecule has 0 fully saturated rings. The van der Waals surface area contributed by atoms with E-state index in [4.69, 9.17) is 0 Å². The van der Waals surface area contributed by atoms with Gasteiger partial charge in [0.25, 0.3) is 0 Å². The van der Waals surface area contributed by atoms with Crippen molar-refractivity contribution in [2.75, 3.05) is 5.32 Å². The van der Waals surface area contributed by atoms with Gasteiger partial charge in [0, 0.05) is 15.4 Å². The molecule has 1 aromatic carbocycles. The average molecular weight is 270 g/mol. The minimum absolute atomic E-state index is 0.135. The van der Waals surface area contributed by atoms with Crippen molar-refractivity contribution in [3.63, 3.8) is 0 Å². The lowest BCUT2D eigenvalue weighted by Gasteiger charge is -2.16. The Hall–Kier alpha value is -1.79. The van der Waals surface area contributed by atoms with Gasteiger partial charge in [-0.3, -0.25) is 0 Å². The highest BCUT2D eigenvalue weighted by Gasteiger charge is 2.19. The largest absolute Gasteiger partial charge is 0.366 e. The summed E-state index contributed by atoms with van der Waals surface area (Å²) in [5.41, 5.74) is 1.11. The molecule has 0 spiro atoms. The molecule has 1 N–H and O–H groups in total. The van der Waals surface area contributed by atoms with E-state index in [0.29, 0.717) is 0 Å². The van der Waals surface area contributed by atoms with Gasteiger partial charge in [0.05, 0.1) is 6.07 Å². The standard InChI is InChI=1S/C16H18N2S/c1-16(2,3)15-10-9-14(19-15)13(11-17)18-12-7-5-4-6-8-12/h4-10,13,18H,1-3H3. The molecule has 0 amide bonds. The lowest BCUT2D eigenvalue weighted by molar-refractivity contribution is 0.604. The number of hydrogen-bond acceptors (Lipinski definition) is 3. The molecule has 0 aliphatic rings. The second-order valence-corrected chi connectivity index (χ2v) is 6.64. The van der Waals surface area contributed by atoms with E-state index in [1.54, 1.807) is 11.3 Å². The number of anilines is 1. The topological polar surface area (TPSA) is 35.8 Å². The maximum atomic E-state index is 9.35. The number of thiophene rings is 1. The second kappa shape index (κ2) is 5.46. The summed E-state index contributed by atoms with van der Waals surface area (Å²) in [6.07, 6.45) is 0. The van der Waals surface area contributed by atoms with E-state index in [1.165, 1.54) is 4.88 Å². The average Bonchev–Trinajstić information content (AvgIpc) is 2.86. The lowest BCUT2D eigenvalue weighted by atomic mass is 9.95. The summed E-state index contributed by atoms with van der Waals surface area (Å²) in [5, 5.41) is 12.6. The maximum absolute atomic E-state index is 9.35. The van der Waals surface area contributed by atoms with Crippen molar-refractivity contribution >= 4 is 17.0 Å². The third-order valence-corrected chi connectivity index (χ3v) is 4.44. The summed E-state index contributed by atoms with van der Waals surface area (Å²) >= 11 is 1.71.